The molecule has 0 radical (unpaired) electrons. The highest BCUT2D eigenvalue weighted by molar-refractivity contribution is 6.09. The lowest BCUT2D eigenvalue weighted by molar-refractivity contribution is -0.462. The molecule has 12 heteroatoms. The van der Waals surface area contributed by atoms with Crippen molar-refractivity contribution < 1.29 is 28.3 Å². The van der Waals surface area contributed by atoms with Crippen molar-refractivity contribution in [2.24, 2.45) is 11.7 Å². The largest absolute Gasteiger partial charge is 0.464 e. The van der Waals surface area contributed by atoms with E-state index in [2.05, 4.69) is 97.5 Å². The Bertz CT molecular complexity index is 2930. The third-order valence-corrected chi connectivity index (χ3v) is 11.5. The van der Waals surface area contributed by atoms with Crippen LogP contribution >= 0.6 is 0 Å². The SMILES string of the molecule is CN(C)c1ccc2c(c1)OC1=CC(=[N+](C)C)C=CC1C2=O.CN(C)c1ccc2cc3ccc(=[N+](C)C)cc-3oc2c1.C[NH+]=C1C=COc2cc(N(C)C)ccc2C(N/C=C/C=C\C=C\N)C/C=C\1. The van der Waals surface area contributed by atoms with Gasteiger partial charge < -0.3 is 39.6 Å². The molecule has 68 heavy (non-hydrogen) atoms. The zero-order valence-electron chi connectivity index (χ0n) is 41.3. The van der Waals surface area contributed by atoms with E-state index in [0.717, 1.165) is 73.9 Å². The van der Waals surface area contributed by atoms with Gasteiger partial charge in [-0.05, 0) is 73.4 Å². The minimum absolute atomic E-state index is 0.0896. The fraction of sp³-hybridized carbons (Fsp3) is 0.250. The fourth-order valence-electron chi connectivity index (χ4n) is 7.47. The van der Waals surface area contributed by atoms with Crippen molar-refractivity contribution in [3.63, 3.8) is 0 Å². The van der Waals surface area contributed by atoms with Crippen molar-refractivity contribution in [2.75, 3.05) is 92.2 Å². The number of fused-ring (bicyclic) bond motifs is 5. The molecule has 0 amide bonds. The van der Waals surface area contributed by atoms with Crippen LogP contribution < -0.4 is 50.1 Å². The molecule has 3 aliphatic heterocycles. The van der Waals surface area contributed by atoms with Crippen molar-refractivity contribution in [3.05, 3.63) is 181 Å². The van der Waals surface area contributed by atoms with Crippen LogP contribution in [0.3, 0.4) is 0 Å². The van der Waals surface area contributed by atoms with Crippen molar-refractivity contribution in [1.29, 1.82) is 0 Å². The van der Waals surface area contributed by atoms with Gasteiger partial charge in [0.15, 0.2) is 5.78 Å². The molecule has 0 saturated heterocycles. The average molecular weight is 916 g/mol. The van der Waals surface area contributed by atoms with E-state index in [9.17, 15) is 4.79 Å². The Morgan fingerprint density at radius 1 is 0.750 bits per heavy atom. The maximum atomic E-state index is 12.6. The first kappa shape index (κ1) is 49.6. The lowest BCUT2D eigenvalue weighted by Gasteiger charge is -2.27. The highest BCUT2D eigenvalue weighted by Gasteiger charge is 2.34. The average Bonchev–Trinajstić information content (AvgIpc) is 3.33. The number of nitrogens with one attached hydrogen (secondary N) is 2. The zero-order valence-corrected chi connectivity index (χ0v) is 41.3. The molecule has 2 unspecified atom stereocenters. The van der Waals surface area contributed by atoms with E-state index < -0.39 is 0 Å². The Morgan fingerprint density at radius 2 is 1.44 bits per heavy atom. The molecular formula is C56H67N8O4+3. The van der Waals surface area contributed by atoms with Gasteiger partial charge in [-0.1, -0.05) is 30.4 Å². The van der Waals surface area contributed by atoms with E-state index >= 15 is 0 Å². The van der Waals surface area contributed by atoms with Crippen LogP contribution in [0, 0.1) is 5.92 Å². The van der Waals surface area contributed by atoms with E-state index in [1.165, 1.54) is 6.20 Å². The van der Waals surface area contributed by atoms with Gasteiger partial charge in [-0.15, -0.1) is 0 Å². The minimum Gasteiger partial charge on any atom is -0.464 e. The molecule has 3 aromatic carbocycles. The van der Waals surface area contributed by atoms with Crippen LogP contribution in [0.4, 0.5) is 17.1 Å². The van der Waals surface area contributed by atoms with Crippen molar-refractivity contribution in [1.82, 2.24) is 9.89 Å². The van der Waals surface area contributed by atoms with Crippen LogP contribution in [0.1, 0.15) is 28.4 Å². The molecule has 0 saturated carbocycles. The van der Waals surface area contributed by atoms with Gasteiger partial charge in [-0.25, -0.2) is 14.1 Å². The summed E-state index contributed by atoms with van der Waals surface area (Å²) in [5.41, 5.74) is 14.4. The molecule has 5 aliphatic rings. The quantitative estimate of drug-likeness (QED) is 0.0936. The van der Waals surface area contributed by atoms with Gasteiger partial charge in [-0.2, -0.15) is 0 Å². The fourth-order valence-corrected chi connectivity index (χ4v) is 7.47. The maximum Gasteiger partial charge on any atom is 0.203 e. The minimum atomic E-state index is -0.300. The van der Waals surface area contributed by atoms with E-state index in [4.69, 9.17) is 19.6 Å². The number of benzene rings is 4. The lowest BCUT2D eigenvalue weighted by atomic mass is 9.88. The standard InChI is InChI=1S/C22H28N4O.C17H19N2O2.C17H19N2O/c1-24-18-9-8-10-21(25-15-7-5-4-6-14-23)20-12-11-19(26(2)3)17-22(20)27-16-13-18;1-18(2)11-5-7-13-15(9-11)21-16-10-12(19(3)4)6-8-14(16)17(13)20;1-18(2)14-7-5-12-9-13-6-8-15(19(3)4)11-17(13)20-16(12)10-14/h4-9,11-17,21,25H,10,23H2,1-3H3;5-10,13H,1-4H3;5-11H,1-4H3/q;2*+1/p+1/b5-4-,9-8-,14-6+,15-7+,16-13?,24-18?;;. The first-order valence-corrected chi connectivity index (χ1v) is 22.6. The van der Waals surface area contributed by atoms with Crippen LogP contribution in [-0.4, -0.2) is 99.3 Å². The van der Waals surface area contributed by atoms with Crippen molar-refractivity contribution in [2.45, 2.75) is 12.5 Å². The second-order valence-electron chi connectivity index (χ2n) is 17.5. The number of allylic oxidation sites excluding steroid dienone is 9. The van der Waals surface area contributed by atoms with E-state index in [0.29, 0.717) is 17.1 Å². The third-order valence-electron chi connectivity index (χ3n) is 11.5. The first-order valence-electron chi connectivity index (χ1n) is 22.6. The number of nitrogens with two attached hydrogens (primary N) is 1. The van der Waals surface area contributed by atoms with Gasteiger partial charge in [-0.3, -0.25) is 4.79 Å². The number of hydrogen-bond donors (Lipinski definition) is 3. The Morgan fingerprint density at radius 3 is 2.13 bits per heavy atom. The monoisotopic (exact) mass is 916 g/mol. The number of Topliss-reactive ketones (excluding diaryl/α,β-unsaturated/α-hetero) is 1. The summed E-state index contributed by atoms with van der Waals surface area (Å²) in [5, 5.41) is 5.74. The molecule has 8 rings (SSSR count). The summed E-state index contributed by atoms with van der Waals surface area (Å²) >= 11 is 0. The molecule has 3 heterocycles. The van der Waals surface area contributed by atoms with Gasteiger partial charge in [0.1, 0.15) is 63.8 Å². The summed E-state index contributed by atoms with van der Waals surface area (Å²) in [4.78, 5) is 21.9. The molecule has 0 fully saturated rings. The summed E-state index contributed by atoms with van der Waals surface area (Å²) in [6.45, 7) is 0. The first-order chi connectivity index (χ1) is 32.7. The molecule has 12 nitrogen and oxygen atoms in total. The number of anilines is 3. The maximum absolute atomic E-state index is 12.6. The molecule has 0 bridgehead atoms. The Kier molecular flexibility index (Phi) is 16.8. The van der Waals surface area contributed by atoms with Crippen LogP contribution in [0.5, 0.6) is 11.5 Å². The Hall–Kier alpha value is -7.86. The summed E-state index contributed by atoms with van der Waals surface area (Å²) in [7, 11) is 22.0. The highest BCUT2D eigenvalue weighted by Crippen LogP contribution is 2.38. The zero-order chi connectivity index (χ0) is 48.9. The Labute approximate surface area is 401 Å². The van der Waals surface area contributed by atoms with Gasteiger partial charge in [0, 0.05) is 124 Å². The second-order valence-corrected chi connectivity index (χ2v) is 17.5. The van der Waals surface area contributed by atoms with E-state index in [1.807, 2.05) is 154 Å². The highest BCUT2D eigenvalue weighted by atomic mass is 16.5. The molecule has 3 aromatic rings. The van der Waals surface area contributed by atoms with Crippen LogP contribution in [0.2, 0.25) is 0 Å². The number of hydrogen-bond acceptors (Lipinski definition) is 9. The number of ether oxygens (including phenoxy) is 2. The van der Waals surface area contributed by atoms with Gasteiger partial charge in [0.2, 0.25) is 16.8 Å². The molecule has 0 spiro atoms. The Balaban J connectivity index is 0.000000170. The summed E-state index contributed by atoms with van der Waals surface area (Å²) in [6, 6.07) is 26.9. The van der Waals surface area contributed by atoms with Gasteiger partial charge in [0.25, 0.3) is 0 Å². The predicted octanol–water partition coefficient (Wildman–Crippen LogP) is 6.68. The van der Waals surface area contributed by atoms with Crippen LogP contribution in [0.25, 0.3) is 22.3 Å². The normalized spacial score (nSPS) is 17.2. The topological polar surface area (TPSA) is 116 Å². The molecule has 2 aliphatic carbocycles. The summed E-state index contributed by atoms with van der Waals surface area (Å²) in [6.07, 6.45) is 25.5. The van der Waals surface area contributed by atoms with Crippen LogP contribution in [0.15, 0.2) is 168 Å². The number of ketones is 1. The number of carbonyl (C=O) groups excluding carboxylic acids is 1. The smallest absolute Gasteiger partial charge is 0.203 e. The number of carbonyl (C=O) groups is 1. The predicted molar refractivity (Wildman–Crippen MR) is 282 cm³/mol. The summed E-state index contributed by atoms with van der Waals surface area (Å²) < 4.78 is 22.1. The number of nitrogens with zero attached hydrogens (tertiary/aromatic N) is 5. The van der Waals surface area contributed by atoms with Gasteiger partial charge in [0.05, 0.1) is 29.9 Å². The molecule has 0 aromatic heterocycles. The number of rotatable bonds is 7. The van der Waals surface area contributed by atoms with Crippen LogP contribution in [-0.2, 0) is 0 Å². The van der Waals surface area contributed by atoms with E-state index in [1.54, 1.807) is 12.3 Å². The van der Waals surface area contributed by atoms with Crippen molar-refractivity contribution >= 4 is 45.2 Å². The molecule has 2 atom stereocenters. The van der Waals surface area contributed by atoms with E-state index in [-0.39, 0.29) is 17.7 Å². The third kappa shape index (κ3) is 12.5. The van der Waals surface area contributed by atoms with Gasteiger partial charge >= 0.3 is 0 Å². The molecular weight excluding hydrogens is 849 g/mol. The molecule has 4 N–H and O–H groups in total. The second kappa shape index (κ2) is 23.0. The van der Waals surface area contributed by atoms with Crippen molar-refractivity contribution in [3.8, 4) is 22.8 Å². The lowest BCUT2D eigenvalue weighted by Crippen LogP contribution is -2.66. The molecule has 352 valence electrons. The summed E-state index contributed by atoms with van der Waals surface area (Å²) in [5.74, 6) is 2.90.